The van der Waals surface area contributed by atoms with Gasteiger partial charge in [-0.3, -0.25) is 9.44 Å². The number of methoxy groups -OCH3 is 1. The third kappa shape index (κ3) is 4.77. The molecule has 0 saturated carbocycles. The average molecular weight is 385 g/mol. The van der Waals surface area contributed by atoms with Gasteiger partial charge in [0.25, 0.3) is 10.0 Å². The molecule has 2 aromatic rings. The summed E-state index contributed by atoms with van der Waals surface area (Å²) in [5.74, 6) is 0.221. The minimum Gasteiger partial charge on any atom is -0.497 e. The van der Waals surface area contributed by atoms with Gasteiger partial charge in [0.1, 0.15) is 5.75 Å². The van der Waals surface area contributed by atoms with Crippen molar-refractivity contribution < 1.29 is 21.6 Å². The van der Waals surface area contributed by atoms with E-state index in [0.717, 1.165) is 0 Å². The van der Waals surface area contributed by atoms with Crippen molar-refractivity contribution in [3.8, 4) is 5.75 Å². The minimum atomic E-state index is -3.92. The van der Waals surface area contributed by atoms with E-state index < -0.39 is 20.0 Å². The summed E-state index contributed by atoms with van der Waals surface area (Å²) in [7, 11) is -6.10. The maximum Gasteiger partial charge on any atom is 0.261 e. The Morgan fingerprint density at radius 3 is 2.16 bits per heavy atom. The van der Waals surface area contributed by atoms with Crippen LogP contribution < -0.4 is 19.9 Å². The molecule has 4 N–H and O–H groups in total. The van der Waals surface area contributed by atoms with Crippen LogP contribution in [0.1, 0.15) is 6.92 Å². The van der Waals surface area contributed by atoms with Gasteiger partial charge in [-0.1, -0.05) is 0 Å². The van der Waals surface area contributed by atoms with E-state index in [1.807, 2.05) is 0 Å². The average Bonchev–Trinajstić information content (AvgIpc) is 2.56. The van der Waals surface area contributed by atoms with Crippen LogP contribution in [0.5, 0.6) is 5.75 Å². The second-order valence-corrected chi connectivity index (χ2v) is 8.78. The molecule has 0 aliphatic carbocycles. The lowest BCUT2D eigenvalue weighted by Gasteiger charge is -2.15. The number of benzene rings is 2. The van der Waals surface area contributed by atoms with Gasteiger partial charge < -0.3 is 10.5 Å². The zero-order valence-corrected chi connectivity index (χ0v) is 15.3. The molecule has 0 amide bonds. The van der Waals surface area contributed by atoms with Gasteiger partial charge >= 0.3 is 0 Å². The number of nitrogens with two attached hydrogens (primary N) is 1. The van der Waals surface area contributed by atoms with Gasteiger partial charge in [-0.15, -0.1) is 0 Å². The minimum absolute atomic E-state index is 0.00168. The molecule has 0 spiro atoms. The summed E-state index contributed by atoms with van der Waals surface area (Å²) in [6.07, 6.45) is 0. The Hall–Kier alpha value is -2.46. The molecule has 0 fully saturated rings. The molecule has 0 aromatic heterocycles. The summed E-state index contributed by atoms with van der Waals surface area (Å²) in [6.45, 7) is 1.47. The first kappa shape index (κ1) is 18.9. The number of hydrogen-bond acceptors (Lipinski definition) is 6. The maximum absolute atomic E-state index is 12.5. The van der Waals surface area contributed by atoms with Gasteiger partial charge in [-0.05, 0) is 43.3 Å². The van der Waals surface area contributed by atoms with Crippen molar-refractivity contribution in [1.82, 2.24) is 0 Å². The van der Waals surface area contributed by atoms with Crippen LogP contribution in [0.25, 0.3) is 0 Å². The third-order valence-electron chi connectivity index (χ3n) is 3.31. The number of anilines is 3. The lowest BCUT2D eigenvalue weighted by atomic mass is 10.2. The Morgan fingerprint density at radius 2 is 1.60 bits per heavy atom. The van der Waals surface area contributed by atoms with Gasteiger partial charge in [0.05, 0.1) is 29.1 Å². The fraction of sp³-hybridized carbons (Fsp3) is 0.200. The molecule has 2 rings (SSSR count). The molecule has 0 saturated heterocycles. The number of rotatable bonds is 7. The van der Waals surface area contributed by atoms with E-state index in [9.17, 15) is 16.8 Å². The molecule has 0 unspecified atom stereocenters. The highest BCUT2D eigenvalue weighted by Gasteiger charge is 2.18. The zero-order chi connectivity index (χ0) is 18.7. The lowest BCUT2D eigenvalue weighted by Crippen LogP contribution is -2.18. The first-order chi connectivity index (χ1) is 11.7. The van der Waals surface area contributed by atoms with Crippen molar-refractivity contribution in [1.29, 1.82) is 0 Å². The molecule has 0 atom stereocenters. The molecular weight excluding hydrogens is 366 g/mol. The van der Waals surface area contributed by atoms with Crippen molar-refractivity contribution in [2.24, 2.45) is 0 Å². The molecule has 0 aliphatic rings. The molecule has 136 valence electrons. The summed E-state index contributed by atoms with van der Waals surface area (Å²) in [4.78, 5) is 0.00168. The second kappa shape index (κ2) is 7.19. The Labute approximate surface area is 147 Å². The van der Waals surface area contributed by atoms with Gasteiger partial charge in [-0.2, -0.15) is 0 Å². The Morgan fingerprint density at radius 1 is 0.960 bits per heavy atom. The number of nitrogen functional groups attached to an aromatic ring is 1. The number of nitrogens with one attached hydrogen (secondary N) is 2. The smallest absolute Gasteiger partial charge is 0.261 e. The molecule has 25 heavy (non-hydrogen) atoms. The maximum atomic E-state index is 12.5. The van der Waals surface area contributed by atoms with Crippen molar-refractivity contribution >= 4 is 37.1 Å². The van der Waals surface area contributed by atoms with Crippen molar-refractivity contribution in [3.05, 3.63) is 42.5 Å². The van der Waals surface area contributed by atoms with Crippen LogP contribution in [0.15, 0.2) is 47.4 Å². The summed E-state index contributed by atoms with van der Waals surface area (Å²) in [5, 5.41) is 0. The molecule has 0 radical (unpaired) electrons. The van der Waals surface area contributed by atoms with Crippen LogP contribution in [0.3, 0.4) is 0 Å². The molecule has 10 heteroatoms. The quantitative estimate of drug-likeness (QED) is 0.624. The molecule has 0 bridgehead atoms. The van der Waals surface area contributed by atoms with Crippen molar-refractivity contribution in [2.75, 3.05) is 28.0 Å². The first-order valence-corrected chi connectivity index (χ1v) is 10.4. The summed E-state index contributed by atoms with van der Waals surface area (Å²) in [6, 6.07) is 9.97. The predicted octanol–water partition coefficient (Wildman–Crippen LogP) is 1.84. The van der Waals surface area contributed by atoms with E-state index in [-0.39, 0.29) is 22.0 Å². The standard InChI is InChI=1S/C15H19N3O5S2/c1-3-24(19,20)17-15-10-12(23-2)6-9-14(15)18-25(21,22)13-7-4-11(16)5-8-13/h4-10,17-18H,3,16H2,1-2H3. The summed E-state index contributed by atoms with van der Waals surface area (Å²) < 4.78 is 58.5. The predicted molar refractivity (Wildman–Crippen MR) is 97.7 cm³/mol. The van der Waals surface area contributed by atoms with E-state index in [4.69, 9.17) is 10.5 Å². The number of sulfonamides is 2. The van der Waals surface area contributed by atoms with Crippen molar-refractivity contribution in [2.45, 2.75) is 11.8 Å². The SMILES string of the molecule is CCS(=O)(=O)Nc1cc(OC)ccc1NS(=O)(=O)c1ccc(N)cc1. The lowest BCUT2D eigenvalue weighted by molar-refractivity contribution is 0.415. The zero-order valence-electron chi connectivity index (χ0n) is 13.7. The molecule has 2 aromatic carbocycles. The van der Waals surface area contributed by atoms with E-state index >= 15 is 0 Å². The number of ether oxygens (including phenoxy) is 1. The molecular formula is C15H19N3O5S2. The van der Waals surface area contributed by atoms with Gasteiger partial charge in [-0.25, -0.2) is 16.8 Å². The normalized spacial score (nSPS) is 11.8. The van der Waals surface area contributed by atoms with E-state index in [0.29, 0.717) is 11.4 Å². The first-order valence-electron chi connectivity index (χ1n) is 7.24. The van der Waals surface area contributed by atoms with Gasteiger partial charge in [0.2, 0.25) is 10.0 Å². The monoisotopic (exact) mass is 385 g/mol. The van der Waals surface area contributed by atoms with Crippen LogP contribution in [0.2, 0.25) is 0 Å². The largest absolute Gasteiger partial charge is 0.497 e. The van der Waals surface area contributed by atoms with Crippen LogP contribution >= 0.6 is 0 Å². The second-order valence-electron chi connectivity index (χ2n) is 5.09. The van der Waals surface area contributed by atoms with Crippen LogP contribution in [0.4, 0.5) is 17.1 Å². The fourth-order valence-corrected chi connectivity index (χ4v) is 3.64. The molecule has 0 heterocycles. The Kier molecular flexibility index (Phi) is 5.43. The van der Waals surface area contributed by atoms with Crippen LogP contribution in [-0.2, 0) is 20.0 Å². The highest BCUT2D eigenvalue weighted by Crippen LogP contribution is 2.30. The van der Waals surface area contributed by atoms with E-state index in [1.165, 1.54) is 56.5 Å². The molecule has 8 nitrogen and oxygen atoms in total. The third-order valence-corrected chi connectivity index (χ3v) is 5.98. The Balaban J connectivity index is 2.42. The highest BCUT2D eigenvalue weighted by molar-refractivity contribution is 7.93. The Bertz CT molecular complexity index is 955. The molecule has 0 aliphatic heterocycles. The number of hydrogen-bond donors (Lipinski definition) is 3. The topological polar surface area (TPSA) is 128 Å². The van der Waals surface area contributed by atoms with Gasteiger partial charge in [0, 0.05) is 11.8 Å². The van der Waals surface area contributed by atoms with E-state index in [1.54, 1.807) is 0 Å². The highest BCUT2D eigenvalue weighted by atomic mass is 32.2. The fourth-order valence-electron chi connectivity index (χ4n) is 1.91. The summed E-state index contributed by atoms with van der Waals surface area (Å²) >= 11 is 0. The van der Waals surface area contributed by atoms with E-state index in [2.05, 4.69) is 9.44 Å². The van der Waals surface area contributed by atoms with Crippen LogP contribution in [-0.4, -0.2) is 29.7 Å². The van der Waals surface area contributed by atoms with Crippen LogP contribution in [0, 0.1) is 0 Å². The summed E-state index contributed by atoms with van der Waals surface area (Å²) in [5.41, 5.74) is 6.14. The van der Waals surface area contributed by atoms with Crippen molar-refractivity contribution in [3.63, 3.8) is 0 Å². The van der Waals surface area contributed by atoms with Gasteiger partial charge in [0.15, 0.2) is 0 Å².